The summed E-state index contributed by atoms with van der Waals surface area (Å²) in [5.41, 5.74) is 12.3. The molecule has 7 aromatic carbocycles. The van der Waals surface area contributed by atoms with Crippen molar-refractivity contribution in [1.82, 2.24) is 4.57 Å². The second kappa shape index (κ2) is 10.2. The minimum Gasteiger partial charge on any atom is -0.310 e. The Morgan fingerprint density at radius 2 is 1.10 bits per heavy atom. The first-order chi connectivity index (χ1) is 23.6. The number of aromatic nitrogens is 1. The lowest BCUT2D eigenvalue weighted by molar-refractivity contribution is 0.632. The highest BCUT2D eigenvalue weighted by Crippen LogP contribution is 2.52. The Hall–Kier alpha value is -5.64. The van der Waals surface area contributed by atoms with Gasteiger partial charge in [-0.2, -0.15) is 0 Å². The highest BCUT2D eigenvalue weighted by atomic mass is 32.1. The second-order valence-electron chi connectivity index (χ2n) is 13.4. The Morgan fingerprint density at radius 3 is 2.00 bits per heavy atom. The smallest absolute Gasteiger partial charge is 0.0541 e. The fourth-order valence-electron chi connectivity index (χ4n) is 8.02. The van der Waals surface area contributed by atoms with Gasteiger partial charge >= 0.3 is 0 Å². The molecule has 0 N–H and O–H groups in total. The van der Waals surface area contributed by atoms with Gasteiger partial charge in [0.25, 0.3) is 0 Å². The van der Waals surface area contributed by atoms with Gasteiger partial charge < -0.3 is 9.47 Å². The molecule has 0 unspecified atom stereocenters. The van der Waals surface area contributed by atoms with Crippen molar-refractivity contribution in [2.24, 2.45) is 0 Å². The molecular formula is C45H32N2S. The molecule has 0 saturated heterocycles. The van der Waals surface area contributed by atoms with Crippen molar-refractivity contribution in [3.8, 4) is 16.8 Å². The van der Waals surface area contributed by atoms with E-state index in [4.69, 9.17) is 0 Å². The lowest BCUT2D eigenvalue weighted by Crippen LogP contribution is -2.30. The summed E-state index contributed by atoms with van der Waals surface area (Å²) >= 11 is 1.87. The molecular weight excluding hydrogens is 601 g/mol. The molecule has 48 heavy (non-hydrogen) atoms. The van der Waals surface area contributed by atoms with Crippen LogP contribution in [0.5, 0.6) is 0 Å². The zero-order valence-electron chi connectivity index (χ0n) is 26.8. The van der Waals surface area contributed by atoms with Crippen molar-refractivity contribution < 1.29 is 0 Å². The van der Waals surface area contributed by atoms with Crippen molar-refractivity contribution in [3.05, 3.63) is 169 Å². The number of hydrogen-bond acceptors (Lipinski definition) is 2. The van der Waals surface area contributed by atoms with Crippen LogP contribution in [0, 0.1) is 0 Å². The predicted octanol–water partition coefficient (Wildman–Crippen LogP) is 12.9. The lowest BCUT2D eigenvalue weighted by atomic mass is 9.73. The van der Waals surface area contributed by atoms with Gasteiger partial charge in [-0.05, 0) is 95.1 Å². The molecule has 0 fully saturated rings. The summed E-state index contributed by atoms with van der Waals surface area (Å²) in [5.74, 6) is 0. The first-order valence-electron chi connectivity index (χ1n) is 16.6. The van der Waals surface area contributed by atoms with E-state index in [2.05, 4.69) is 181 Å². The zero-order valence-corrected chi connectivity index (χ0v) is 27.6. The number of rotatable bonds is 3. The fraction of sp³-hybridized carbons (Fsp3) is 0.0667. The largest absolute Gasteiger partial charge is 0.310 e. The molecule has 1 aliphatic rings. The molecule has 0 saturated carbocycles. The third-order valence-corrected chi connectivity index (χ3v) is 11.5. The van der Waals surface area contributed by atoms with Gasteiger partial charge in [0, 0.05) is 47.7 Å². The third-order valence-electron chi connectivity index (χ3n) is 10.4. The van der Waals surface area contributed by atoms with Gasteiger partial charge in [0.05, 0.1) is 22.4 Å². The molecule has 9 aromatic rings. The van der Waals surface area contributed by atoms with Crippen LogP contribution in [-0.4, -0.2) is 4.57 Å². The van der Waals surface area contributed by atoms with E-state index in [0.29, 0.717) is 0 Å². The Morgan fingerprint density at radius 1 is 0.438 bits per heavy atom. The number of benzene rings is 7. The molecule has 0 aliphatic carbocycles. The fourth-order valence-corrected chi connectivity index (χ4v) is 9.11. The summed E-state index contributed by atoms with van der Waals surface area (Å²) in [6.07, 6.45) is 0. The maximum atomic E-state index is 2.44. The van der Waals surface area contributed by atoms with Gasteiger partial charge in [-0.15, -0.1) is 11.3 Å². The van der Waals surface area contributed by atoms with Crippen molar-refractivity contribution >= 4 is 70.4 Å². The van der Waals surface area contributed by atoms with Gasteiger partial charge in [-0.1, -0.05) is 98.8 Å². The van der Waals surface area contributed by atoms with Crippen molar-refractivity contribution in [1.29, 1.82) is 0 Å². The van der Waals surface area contributed by atoms with Crippen LogP contribution < -0.4 is 4.90 Å². The lowest BCUT2D eigenvalue weighted by Gasteiger charge is -2.42. The van der Waals surface area contributed by atoms with Crippen LogP contribution in [0.15, 0.2) is 158 Å². The maximum Gasteiger partial charge on any atom is 0.0541 e. The number of para-hydroxylation sites is 3. The first-order valence-corrected chi connectivity index (χ1v) is 17.4. The third kappa shape index (κ3) is 3.92. The second-order valence-corrected chi connectivity index (χ2v) is 14.5. The minimum absolute atomic E-state index is 0.155. The standard InChI is InChI=1S/C45H32N2S/c1-45(2)37-16-8-10-18-41(37)46(31-12-4-3-5-13-31)42-24-21-30(27-38(42)45)29-20-23-40-35(26-29)33-14-6-9-17-39(33)47(40)32-22-25-44-36(28-32)34-15-7-11-19-43(34)48-44/h3-28H,1-2H3. The molecule has 0 atom stereocenters. The van der Waals surface area contributed by atoms with Gasteiger partial charge in [0.1, 0.15) is 0 Å². The van der Waals surface area contributed by atoms with Crippen LogP contribution in [0.25, 0.3) is 58.8 Å². The van der Waals surface area contributed by atoms with Gasteiger partial charge in [0.2, 0.25) is 0 Å². The average molecular weight is 633 g/mol. The first kappa shape index (κ1) is 27.5. The highest BCUT2D eigenvalue weighted by molar-refractivity contribution is 7.25. The Labute approximate surface area is 283 Å². The predicted molar refractivity (Wildman–Crippen MR) is 206 cm³/mol. The minimum atomic E-state index is -0.155. The van der Waals surface area contributed by atoms with E-state index in [1.807, 2.05) is 11.3 Å². The molecule has 10 rings (SSSR count). The van der Waals surface area contributed by atoms with E-state index >= 15 is 0 Å². The van der Waals surface area contributed by atoms with Crippen molar-refractivity contribution in [2.45, 2.75) is 19.3 Å². The number of fused-ring (bicyclic) bond motifs is 8. The topological polar surface area (TPSA) is 8.17 Å². The molecule has 2 nitrogen and oxygen atoms in total. The quantitative estimate of drug-likeness (QED) is 0.188. The number of nitrogens with zero attached hydrogens (tertiary/aromatic N) is 2. The highest BCUT2D eigenvalue weighted by Gasteiger charge is 2.37. The maximum absolute atomic E-state index is 2.44. The Kier molecular flexibility index (Phi) is 5.82. The van der Waals surface area contributed by atoms with Crippen LogP contribution in [0.4, 0.5) is 17.1 Å². The molecule has 3 heteroatoms. The van der Waals surface area contributed by atoms with Crippen LogP contribution in [-0.2, 0) is 5.41 Å². The zero-order chi connectivity index (χ0) is 32.0. The van der Waals surface area contributed by atoms with Crippen LogP contribution in [0.2, 0.25) is 0 Å². The van der Waals surface area contributed by atoms with E-state index in [1.165, 1.54) is 87.0 Å². The molecule has 0 spiro atoms. The van der Waals surface area contributed by atoms with Crippen molar-refractivity contribution in [3.63, 3.8) is 0 Å². The Balaban J connectivity index is 1.15. The molecule has 1 aliphatic heterocycles. The summed E-state index contributed by atoms with van der Waals surface area (Å²) < 4.78 is 5.09. The van der Waals surface area contributed by atoms with E-state index in [0.717, 1.165) is 0 Å². The summed E-state index contributed by atoms with van der Waals surface area (Å²) in [6, 6.07) is 58.2. The SMILES string of the molecule is CC1(C)c2ccccc2N(c2ccccc2)c2ccc(-c3ccc4c(c3)c3ccccc3n4-c3ccc4sc5ccccc5c4c3)cc21. The van der Waals surface area contributed by atoms with E-state index < -0.39 is 0 Å². The van der Waals surface area contributed by atoms with Crippen molar-refractivity contribution in [2.75, 3.05) is 4.90 Å². The summed E-state index contributed by atoms with van der Waals surface area (Å²) in [7, 11) is 0. The van der Waals surface area contributed by atoms with Gasteiger partial charge in [-0.25, -0.2) is 0 Å². The number of anilines is 3. The normalized spacial score (nSPS) is 13.8. The van der Waals surface area contributed by atoms with Crippen LogP contribution in [0.3, 0.4) is 0 Å². The summed E-state index contributed by atoms with van der Waals surface area (Å²) in [6.45, 7) is 4.72. The monoisotopic (exact) mass is 632 g/mol. The molecule has 2 aromatic heterocycles. The number of thiophene rings is 1. The molecule has 228 valence electrons. The van der Waals surface area contributed by atoms with E-state index in [9.17, 15) is 0 Å². The van der Waals surface area contributed by atoms with E-state index in [-0.39, 0.29) is 5.41 Å². The van der Waals surface area contributed by atoms with Crippen LogP contribution in [0.1, 0.15) is 25.0 Å². The van der Waals surface area contributed by atoms with Crippen LogP contribution >= 0.6 is 11.3 Å². The molecule has 0 radical (unpaired) electrons. The van der Waals surface area contributed by atoms with E-state index in [1.54, 1.807) is 0 Å². The van der Waals surface area contributed by atoms with Gasteiger partial charge in [-0.3, -0.25) is 0 Å². The molecule has 0 bridgehead atoms. The molecule has 3 heterocycles. The average Bonchev–Trinajstić information content (AvgIpc) is 3.67. The Bertz CT molecular complexity index is 2710. The number of hydrogen-bond donors (Lipinski definition) is 0. The summed E-state index contributed by atoms with van der Waals surface area (Å²) in [5, 5.41) is 5.18. The molecule has 0 amide bonds. The van der Waals surface area contributed by atoms with Gasteiger partial charge in [0.15, 0.2) is 0 Å². The summed E-state index contributed by atoms with van der Waals surface area (Å²) in [4.78, 5) is 2.42.